The van der Waals surface area contributed by atoms with Crippen molar-refractivity contribution >= 4 is 11.8 Å². The molecule has 0 heterocycles. The summed E-state index contributed by atoms with van der Waals surface area (Å²) < 4.78 is 41.2. The van der Waals surface area contributed by atoms with Crippen LogP contribution in [-0.4, -0.2) is 23.3 Å². The number of nitrogens with zero attached hydrogens (tertiary/aromatic N) is 1. The third-order valence-electron chi connectivity index (χ3n) is 3.70. The third-order valence-corrected chi connectivity index (χ3v) is 3.70. The van der Waals surface area contributed by atoms with E-state index in [-0.39, 0.29) is 11.1 Å². The molecule has 0 unspecified atom stereocenters. The minimum absolute atomic E-state index is 0.0987. The first-order valence-electron chi connectivity index (χ1n) is 7.19. The highest BCUT2D eigenvalue weighted by atomic mass is 19.3. The number of primary amides is 1. The SMILES string of the molecule is N#CC1(NC(=O)[CH]CC(F)(F)Cc2ccc(F)cc2C(N)=O)CC1. The van der Waals surface area contributed by atoms with E-state index in [1.807, 2.05) is 6.07 Å². The Labute approximate surface area is 136 Å². The number of nitrogens with two attached hydrogens (primary N) is 1. The van der Waals surface area contributed by atoms with Crippen molar-refractivity contribution in [3.05, 3.63) is 41.6 Å². The van der Waals surface area contributed by atoms with Gasteiger partial charge in [0.25, 0.3) is 5.92 Å². The summed E-state index contributed by atoms with van der Waals surface area (Å²) in [4.78, 5) is 22.8. The molecule has 1 aliphatic rings. The van der Waals surface area contributed by atoms with E-state index in [2.05, 4.69) is 5.32 Å². The lowest BCUT2D eigenvalue weighted by Gasteiger charge is -2.18. The van der Waals surface area contributed by atoms with Crippen molar-refractivity contribution in [1.29, 1.82) is 5.26 Å². The molecule has 5 nitrogen and oxygen atoms in total. The molecule has 2 rings (SSSR count). The number of benzene rings is 1. The van der Waals surface area contributed by atoms with Crippen LogP contribution in [0.4, 0.5) is 13.2 Å². The maximum Gasteiger partial charge on any atom is 0.252 e. The average molecular weight is 338 g/mol. The maximum absolute atomic E-state index is 14.0. The zero-order valence-corrected chi connectivity index (χ0v) is 12.6. The smallest absolute Gasteiger partial charge is 0.252 e. The van der Waals surface area contributed by atoms with Crippen LogP contribution in [0.2, 0.25) is 0 Å². The van der Waals surface area contributed by atoms with Gasteiger partial charge in [-0.2, -0.15) is 5.26 Å². The molecular weight excluding hydrogens is 323 g/mol. The fourth-order valence-electron chi connectivity index (χ4n) is 2.20. The van der Waals surface area contributed by atoms with Gasteiger partial charge in [-0.05, 0) is 30.5 Å². The summed E-state index contributed by atoms with van der Waals surface area (Å²) >= 11 is 0. The topological polar surface area (TPSA) is 96.0 Å². The number of amides is 2. The van der Waals surface area contributed by atoms with E-state index in [1.165, 1.54) is 0 Å². The standard InChI is InChI=1S/C16H15F3N3O2/c17-11-2-1-10(12(7-11)14(21)24)8-16(18,19)4-3-13(23)22-15(9-20)5-6-15/h1-3,7H,4-6,8H2,(H2,21,24)(H,22,23). The highest BCUT2D eigenvalue weighted by Gasteiger charge is 2.45. The van der Waals surface area contributed by atoms with Gasteiger partial charge in [0.2, 0.25) is 11.8 Å². The summed E-state index contributed by atoms with van der Waals surface area (Å²) in [6.07, 6.45) is 0.0214. The van der Waals surface area contributed by atoms with Crippen LogP contribution < -0.4 is 11.1 Å². The molecule has 1 aliphatic carbocycles. The fourth-order valence-corrected chi connectivity index (χ4v) is 2.20. The molecule has 24 heavy (non-hydrogen) atoms. The van der Waals surface area contributed by atoms with Crippen LogP contribution >= 0.6 is 0 Å². The molecular formula is C16H15F3N3O2. The van der Waals surface area contributed by atoms with Gasteiger partial charge in [-0.3, -0.25) is 9.59 Å². The highest BCUT2D eigenvalue weighted by Crippen LogP contribution is 2.34. The van der Waals surface area contributed by atoms with E-state index < -0.39 is 41.9 Å². The van der Waals surface area contributed by atoms with Gasteiger partial charge in [0.05, 0.1) is 12.5 Å². The first-order valence-corrected chi connectivity index (χ1v) is 7.19. The highest BCUT2D eigenvalue weighted by molar-refractivity contribution is 5.94. The van der Waals surface area contributed by atoms with Gasteiger partial charge in [-0.1, -0.05) is 6.07 Å². The zero-order chi connectivity index (χ0) is 18.0. The second-order valence-corrected chi connectivity index (χ2v) is 5.79. The Morgan fingerprint density at radius 2 is 2.08 bits per heavy atom. The number of halogens is 3. The second-order valence-electron chi connectivity index (χ2n) is 5.79. The summed E-state index contributed by atoms with van der Waals surface area (Å²) in [6.45, 7) is 0. The van der Waals surface area contributed by atoms with Gasteiger partial charge in [-0.15, -0.1) is 0 Å². The number of carbonyl (C=O) groups excluding carboxylic acids is 2. The number of hydrogen-bond acceptors (Lipinski definition) is 3. The van der Waals surface area contributed by atoms with Gasteiger partial charge in [0, 0.05) is 18.4 Å². The lowest BCUT2D eigenvalue weighted by Crippen LogP contribution is -2.37. The van der Waals surface area contributed by atoms with Gasteiger partial charge >= 0.3 is 0 Å². The molecule has 0 aliphatic heterocycles. The molecule has 1 fully saturated rings. The molecule has 1 saturated carbocycles. The Bertz CT molecular complexity index is 709. The summed E-state index contributed by atoms with van der Waals surface area (Å²) in [5.74, 6) is -5.84. The van der Waals surface area contributed by atoms with Crippen molar-refractivity contribution < 1.29 is 22.8 Å². The second kappa shape index (κ2) is 6.51. The number of nitriles is 1. The van der Waals surface area contributed by atoms with Crippen LogP contribution in [0.1, 0.15) is 35.2 Å². The van der Waals surface area contributed by atoms with Crippen molar-refractivity contribution in [2.24, 2.45) is 5.73 Å². The van der Waals surface area contributed by atoms with E-state index >= 15 is 0 Å². The fraction of sp³-hybridized carbons (Fsp3) is 0.375. The van der Waals surface area contributed by atoms with Crippen molar-refractivity contribution in [2.45, 2.75) is 37.1 Å². The van der Waals surface area contributed by atoms with Crippen LogP contribution in [0, 0.1) is 23.6 Å². The normalized spacial score (nSPS) is 15.4. The summed E-state index contributed by atoms with van der Waals surface area (Å²) in [7, 11) is 0. The number of carbonyl (C=O) groups is 2. The Balaban J connectivity index is 1.97. The average Bonchev–Trinajstić information content (AvgIpc) is 3.27. The molecule has 1 radical (unpaired) electrons. The summed E-state index contributed by atoms with van der Waals surface area (Å²) in [6, 6.07) is 4.74. The quantitative estimate of drug-likeness (QED) is 0.794. The largest absolute Gasteiger partial charge is 0.366 e. The van der Waals surface area contributed by atoms with E-state index in [1.54, 1.807) is 0 Å². The molecule has 0 atom stereocenters. The third kappa shape index (κ3) is 4.47. The lowest BCUT2D eigenvalue weighted by molar-refractivity contribution is -0.119. The van der Waals surface area contributed by atoms with Crippen LogP contribution in [0.3, 0.4) is 0 Å². The molecule has 1 aromatic rings. The zero-order valence-electron chi connectivity index (χ0n) is 12.6. The summed E-state index contributed by atoms with van der Waals surface area (Å²) in [5, 5.41) is 11.2. The van der Waals surface area contributed by atoms with Gasteiger partial charge in [0.15, 0.2) is 0 Å². The Morgan fingerprint density at radius 1 is 1.42 bits per heavy atom. The van der Waals surface area contributed by atoms with Crippen LogP contribution in [0.25, 0.3) is 0 Å². The van der Waals surface area contributed by atoms with Crippen LogP contribution in [-0.2, 0) is 11.2 Å². The molecule has 1 aromatic carbocycles. The molecule has 0 bridgehead atoms. The Kier molecular flexibility index (Phi) is 4.83. The lowest BCUT2D eigenvalue weighted by atomic mass is 9.98. The predicted octanol–water partition coefficient (Wildman–Crippen LogP) is 1.87. The van der Waals surface area contributed by atoms with E-state index in [9.17, 15) is 22.8 Å². The number of alkyl halides is 2. The van der Waals surface area contributed by atoms with E-state index in [0.29, 0.717) is 12.8 Å². The molecule has 0 spiro atoms. The minimum Gasteiger partial charge on any atom is -0.366 e. The maximum atomic E-state index is 14.0. The van der Waals surface area contributed by atoms with Crippen molar-refractivity contribution in [1.82, 2.24) is 5.32 Å². The van der Waals surface area contributed by atoms with Crippen LogP contribution in [0.15, 0.2) is 18.2 Å². The van der Waals surface area contributed by atoms with E-state index in [0.717, 1.165) is 24.6 Å². The van der Waals surface area contributed by atoms with Crippen LogP contribution in [0.5, 0.6) is 0 Å². The molecule has 127 valence electrons. The van der Waals surface area contributed by atoms with Crippen molar-refractivity contribution in [3.8, 4) is 6.07 Å². The number of hydrogen-bond donors (Lipinski definition) is 2. The number of nitrogens with one attached hydrogen (secondary N) is 1. The molecule has 0 aromatic heterocycles. The van der Waals surface area contributed by atoms with Crippen molar-refractivity contribution in [2.75, 3.05) is 0 Å². The Hall–Kier alpha value is -2.56. The minimum atomic E-state index is -3.33. The van der Waals surface area contributed by atoms with Crippen molar-refractivity contribution in [3.63, 3.8) is 0 Å². The molecule has 0 saturated heterocycles. The monoisotopic (exact) mass is 338 g/mol. The first-order chi connectivity index (χ1) is 11.2. The van der Waals surface area contributed by atoms with Gasteiger partial charge < -0.3 is 11.1 Å². The predicted molar refractivity (Wildman–Crippen MR) is 78.2 cm³/mol. The molecule has 2 amide bonds. The molecule has 3 N–H and O–H groups in total. The number of rotatable bonds is 7. The van der Waals surface area contributed by atoms with Gasteiger partial charge in [-0.25, -0.2) is 13.2 Å². The van der Waals surface area contributed by atoms with E-state index in [4.69, 9.17) is 11.0 Å². The van der Waals surface area contributed by atoms with Gasteiger partial charge in [0.1, 0.15) is 11.4 Å². The summed E-state index contributed by atoms with van der Waals surface area (Å²) in [5.41, 5.74) is 3.71. The molecule has 8 heteroatoms. The Morgan fingerprint density at radius 3 is 2.62 bits per heavy atom. The first kappa shape index (κ1) is 17.8.